The van der Waals surface area contributed by atoms with Crippen LogP contribution in [0.5, 0.6) is 0 Å². The lowest BCUT2D eigenvalue weighted by Crippen LogP contribution is -2.26. The number of rotatable bonds is 6. The molecule has 0 atom stereocenters. The Morgan fingerprint density at radius 3 is 2.38 bits per heavy atom. The Bertz CT molecular complexity index is 815. The smallest absolute Gasteiger partial charge is 0.324 e. The highest BCUT2D eigenvalue weighted by molar-refractivity contribution is 7.99. The molecule has 0 radical (unpaired) electrons. The summed E-state index contributed by atoms with van der Waals surface area (Å²) >= 11 is 6.90. The van der Waals surface area contributed by atoms with Gasteiger partial charge in [0.15, 0.2) is 5.03 Å². The molecule has 0 spiro atoms. The first-order chi connectivity index (χ1) is 11.6. The monoisotopic (exact) mass is 360 g/mol. The lowest BCUT2D eigenvalue weighted by molar-refractivity contribution is -0.387. The maximum absolute atomic E-state index is 11.5. The van der Waals surface area contributed by atoms with Crippen LogP contribution in [0.4, 0.5) is 11.5 Å². The summed E-state index contributed by atoms with van der Waals surface area (Å²) in [5.41, 5.74) is -0.344. The second-order valence-electron chi connectivity index (χ2n) is 4.34. The third-order valence-electron chi connectivity index (χ3n) is 2.80. The fourth-order valence-electron chi connectivity index (χ4n) is 1.81. The summed E-state index contributed by atoms with van der Waals surface area (Å²) in [6.07, 6.45) is 1.17. The molecule has 0 aliphatic heterocycles. The van der Waals surface area contributed by atoms with Gasteiger partial charge in [-0.3, -0.25) is 10.1 Å². The van der Waals surface area contributed by atoms with Gasteiger partial charge in [0.2, 0.25) is 5.82 Å². The average Bonchev–Trinajstić information content (AvgIpc) is 2.56. The molecule has 1 heterocycles. The summed E-state index contributed by atoms with van der Waals surface area (Å²) in [6, 6.07) is 10.5. The van der Waals surface area contributed by atoms with Crippen LogP contribution in [0.3, 0.4) is 0 Å². The topological polar surface area (TPSA) is 120 Å². The fraction of sp³-hybridized carbons (Fsp3) is 0.143. The summed E-state index contributed by atoms with van der Waals surface area (Å²) in [6.45, 7) is -0.396. The van der Waals surface area contributed by atoms with Crippen LogP contribution in [0.1, 0.15) is 0 Å². The molecule has 0 saturated heterocycles. The number of anilines is 1. The molecule has 0 bridgehead atoms. The lowest BCUT2D eigenvalue weighted by atomic mass is 10.4. The van der Waals surface area contributed by atoms with Gasteiger partial charge in [-0.1, -0.05) is 23.4 Å². The molecule has 1 aromatic carbocycles. The molecule has 24 heavy (non-hydrogen) atoms. The highest BCUT2D eigenvalue weighted by Gasteiger charge is 2.27. The maximum Gasteiger partial charge on any atom is 0.343 e. The van der Waals surface area contributed by atoms with Crippen molar-refractivity contribution in [1.29, 1.82) is 10.5 Å². The summed E-state index contributed by atoms with van der Waals surface area (Å²) in [5, 5.41) is 29.9. The maximum atomic E-state index is 11.5. The van der Waals surface area contributed by atoms with E-state index in [0.717, 1.165) is 11.8 Å². The Kier molecular flexibility index (Phi) is 5.90. The van der Waals surface area contributed by atoms with Crippen LogP contribution in [0.2, 0.25) is 5.02 Å². The molecule has 0 unspecified atom stereocenters. The van der Waals surface area contributed by atoms with Gasteiger partial charge in [0.25, 0.3) is 0 Å². The van der Waals surface area contributed by atoms with Gasteiger partial charge in [0.1, 0.15) is 19.4 Å². The Morgan fingerprint density at radius 1 is 1.21 bits per heavy atom. The van der Waals surface area contributed by atoms with Gasteiger partial charge < -0.3 is 4.90 Å². The van der Waals surface area contributed by atoms with Gasteiger partial charge in [-0.15, -0.1) is 0 Å². The molecule has 2 aromatic rings. The minimum Gasteiger partial charge on any atom is -0.324 e. The SMILES string of the molecule is N#CCN(CC#N)c1ncnc(Sc2ccc(Cl)cc2)c1[N+](=O)[O-]. The summed E-state index contributed by atoms with van der Waals surface area (Å²) in [7, 11) is 0. The standard InChI is InChI=1S/C14H9ClN6O2S/c15-10-1-3-11(4-2-10)24-14-12(21(22)23)13(18-9-19-14)20(7-5-16)8-6-17/h1-4,9H,7-8H2. The highest BCUT2D eigenvalue weighted by Crippen LogP contribution is 2.38. The minimum atomic E-state index is -0.616. The zero-order chi connectivity index (χ0) is 17.5. The molecule has 120 valence electrons. The lowest BCUT2D eigenvalue weighted by Gasteiger charge is -2.17. The summed E-state index contributed by atoms with van der Waals surface area (Å²) in [4.78, 5) is 20.7. The number of benzene rings is 1. The van der Waals surface area contributed by atoms with E-state index in [4.69, 9.17) is 22.1 Å². The first-order valence-electron chi connectivity index (χ1n) is 6.48. The molecule has 0 fully saturated rings. The van der Waals surface area contributed by atoms with E-state index in [2.05, 4.69) is 9.97 Å². The first kappa shape index (κ1) is 17.5. The minimum absolute atomic E-state index is 0.0606. The van der Waals surface area contributed by atoms with E-state index >= 15 is 0 Å². The molecular weight excluding hydrogens is 352 g/mol. The van der Waals surface area contributed by atoms with Crippen LogP contribution < -0.4 is 4.90 Å². The van der Waals surface area contributed by atoms with E-state index in [9.17, 15) is 10.1 Å². The van der Waals surface area contributed by atoms with E-state index in [1.807, 2.05) is 12.1 Å². The highest BCUT2D eigenvalue weighted by atomic mass is 35.5. The zero-order valence-electron chi connectivity index (χ0n) is 12.1. The molecule has 0 saturated carbocycles. The Hall–Kier alpha value is -2.88. The molecule has 0 aliphatic carbocycles. The predicted molar refractivity (Wildman–Crippen MR) is 87.7 cm³/mol. The van der Waals surface area contributed by atoms with E-state index in [1.165, 1.54) is 11.2 Å². The number of hydrogen-bond acceptors (Lipinski definition) is 8. The molecule has 8 nitrogen and oxygen atoms in total. The molecular formula is C14H9ClN6O2S. The largest absolute Gasteiger partial charge is 0.343 e. The number of nitro groups is 1. The van der Waals surface area contributed by atoms with E-state index in [-0.39, 0.29) is 29.6 Å². The first-order valence-corrected chi connectivity index (χ1v) is 7.68. The summed E-state index contributed by atoms with van der Waals surface area (Å²) < 4.78 is 0. The van der Waals surface area contributed by atoms with Gasteiger partial charge in [0.05, 0.1) is 17.1 Å². The number of hydrogen-bond donors (Lipinski definition) is 0. The van der Waals surface area contributed by atoms with E-state index in [1.54, 1.807) is 24.3 Å². The van der Waals surface area contributed by atoms with Crippen molar-refractivity contribution in [3.05, 3.63) is 45.7 Å². The van der Waals surface area contributed by atoms with Gasteiger partial charge in [0, 0.05) is 9.92 Å². The van der Waals surface area contributed by atoms with Crippen LogP contribution in [0.25, 0.3) is 0 Å². The third-order valence-corrected chi connectivity index (χ3v) is 4.05. The molecule has 10 heteroatoms. The van der Waals surface area contributed by atoms with Gasteiger partial charge in [-0.2, -0.15) is 10.5 Å². The van der Waals surface area contributed by atoms with Gasteiger partial charge in [-0.25, -0.2) is 9.97 Å². The van der Waals surface area contributed by atoms with Crippen molar-refractivity contribution in [2.45, 2.75) is 9.92 Å². The number of halogens is 1. The van der Waals surface area contributed by atoms with Crippen LogP contribution in [0, 0.1) is 32.8 Å². The quantitative estimate of drug-likeness (QED) is 0.333. The van der Waals surface area contributed by atoms with Crippen molar-refractivity contribution in [1.82, 2.24) is 9.97 Å². The molecule has 0 N–H and O–H groups in total. The zero-order valence-corrected chi connectivity index (χ0v) is 13.7. The van der Waals surface area contributed by atoms with Gasteiger partial charge in [-0.05, 0) is 24.3 Å². The van der Waals surface area contributed by atoms with Crippen molar-refractivity contribution in [2.75, 3.05) is 18.0 Å². The van der Waals surface area contributed by atoms with Crippen molar-refractivity contribution < 1.29 is 4.92 Å². The Balaban J connectivity index is 2.47. The molecule has 0 aliphatic rings. The molecule has 1 aromatic heterocycles. The van der Waals surface area contributed by atoms with Gasteiger partial charge >= 0.3 is 5.69 Å². The molecule has 2 rings (SSSR count). The average molecular weight is 361 g/mol. The van der Waals surface area contributed by atoms with Crippen molar-refractivity contribution in [3.8, 4) is 12.1 Å². The van der Waals surface area contributed by atoms with Crippen LogP contribution in [0.15, 0.2) is 40.5 Å². The summed E-state index contributed by atoms with van der Waals surface area (Å²) in [5.74, 6) is -0.0606. The number of nitriles is 2. The van der Waals surface area contributed by atoms with Crippen LogP contribution in [-0.2, 0) is 0 Å². The van der Waals surface area contributed by atoms with Crippen molar-refractivity contribution >= 4 is 34.9 Å². The number of nitrogens with zero attached hydrogens (tertiary/aromatic N) is 6. The Morgan fingerprint density at radius 2 is 1.83 bits per heavy atom. The third kappa shape index (κ3) is 4.10. The molecule has 0 amide bonds. The van der Waals surface area contributed by atoms with Crippen molar-refractivity contribution in [3.63, 3.8) is 0 Å². The fourth-order valence-corrected chi connectivity index (χ4v) is 2.79. The second-order valence-corrected chi connectivity index (χ2v) is 5.84. The van der Waals surface area contributed by atoms with Crippen molar-refractivity contribution in [2.24, 2.45) is 0 Å². The second kappa shape index (κ2) is 8.11. The normalized spacial score (nSPS) is 9.79. The number of aromatic nitrogens is 2. The van der Waals surface area contributed by atoms with E-state index in [0.29, 0.717) is 9.92 Å². The van der Waals surface area contributed by atoms with E-state index < -0.39 is 4.92 Å². The van der Waals surface area contributed by atoms with Crippen LogP contribution in [-0.4, -0.2) is 28.0 Å². The predicted octanol–water partition coefficient (Wildman–Crippen LogP) is 3.04. The Labute approximate surface area is 146 Å². The van der Waals surface area contributed by atoms with Crippen LogP contribution >= 0.6 is 23.4 Å².